The number of carbonyl (C=O) groups excluding carboxylic acids is 2. The van der Waals surface area contributed by atoms with Crippen molar-refractivity contribution in [3.05, 3.63) is 35.7 Å². The molecule has 6 nitrogen and oxygen atoms in total. The number of allylic oxidation sites excluding steroid dienone is 1. The fourth-order valence-corrected chi connectivity index (χ4v) is 3.54. The number of pyridine rings is 1. The summed E-state index contributed by atoms with van der Waals surface area (Å²) in [5.74, 6) is 0.00124. The summed E-state index contributed by atoms with van der Waals surface area (Å²) in [5.41, 5.74) is 2.93. The molecule has 0 aromatic carbocycles. The molecule has 0 atom stereocenters. The van der Waals surface area contributed by atoms with E-state index < -0.39 is 0 Å². The number of nitrogens with one attached hydrogen (secondary N) is 1. The molecule has 1 fully saturated rings. The molecular formula is C20H28N4O2. The summed E-state index contributed by atoms with van der Waals surface area (Å²) in [5, 5.41) is 3.41. The summed E-state index contributed by atoms with van der Waals surface area (Å²) >= 11 is 0. The minimum atomic E-state index is -0.0631. The van der Waals surface area contributed by atoms with Gasteiger partial charge in [-0.2, -0.15) is 0 Å². The van der Waals surface area contributed by atoms with Crippen LogP contribution >= 0.6 is 0 Å². The molecule has 1 aliphatic heterocycles. The molecule has 0 saturated carbocycles. The van der Waals surface area contributed by atoms with E-state index in [1.54, 1.807) is 22.9 Å². The van der Waals surface area contributed by atoms with Crippen molar-refractivity contribution < 1.29 is 9.59 Å². The normalized spacial score (nSPS) is 17.7. The van der Waals surface area contributed by atoms with Crippen LogP contribution in [0.5, 0.6) is 0 Å². The van der Waals surface area contributed by atoms with Crippen molar-refractivity contribution in [3.63, 3.8) is 0 Å². The van der Waals surface area contributed by atoms with E-state index in [1.807, 2.05) is 12.1 Å². The van der Waals surface area contributed by atoms with Crippen molar-refractivity contribution in [3.8, 4) is 0 Å². The van der Waals surface area contributed by atoms with E-state index in [2.05, 4.69) is 16.4 Å². The number of aromatic nitrogens is 1. The van der Waals surface area contributed by atoms with Crippen molar-refractivity contribution in [2.45, 2.75) is 39.0 Å². The molecular weight excluding hydrogens is 328 g/mol. The Morgan fingerprint density at radius 1 is 1.15 bits per heavy atom. The molecule has 3 rings (SSSR count). The second-order valence-corrected chi connectivity index (χ2v) is 7.01. The van der Waals surface area contributed by atoms with Gasteiger partial charge >= 0.3 is 0 Å². The minimum absolute atomic E-state index is 0.0631. The van der Waals surface area contributed by atoms with E-state index in [0.29, 0.717) is 31.9 Å². The molecule has 6 heteroatoms. The Hall–Kier alpha value is -2.37. The van der Waals surface area contributed by atoms with Crippen LogP contribution in [0.2, 0.25) is 0 Å². The standard InChI is InChI=1S/C20H28N4O2/c1-16(25)23-11-13-24(14-12-23)20(26)19-15-18(8-10-22-19)21-9-7-17-5-3-2-4-6-17/h5,8,10,15H,2-4,6-7,9,11-14H2,1H3,(H,21,22). The van der Waals surface area contributed by atoms with Crippen LogP contribution < -0.4 is 5.32 Å². The highest BCUT2D eigenvalue weighted by molar-refractivity contribution is 5.93. The summed E-state index contributed by atoms with van der Waals surface area (Å²) in [6, 6.07) is 3.73. The number of hydrogen-bond acceptors (Lipinski definition) is 4. The molecule has 1 aromatic rings. The van der Waals surface area contributed by atoms with Crippen molar-refractivity contribution in [2.24, 2.45) is 0 Å². The van der Waals surface area contributed by atoms with E-state index in [4.69, 9.17) is 0 Å². The van der Waals surface area contributed by atoms with Gasteiger partial charge < -0.3 is 15.1 Å². The van der Waals surface area contributed by atoms with Gasteiger partial charge in [0.15, 0.2) is 0 Å². The van der Waals surface area contributed by atoms with Crippen molar-refractivity contribution in [1.82, 2.24) is 14.8 Å². The zero-order valence-electron chi connectivity index (χ0n) is 15.5. The van der Waals surface area contributed by atoms with Gasteiger partial charge in [-0.3, -0.25) is 14.6 Å². The first-order valence-corrected chi connectivity index (χ1v) is 9.56. The third-order valence-electron chi connectivity index (χ3n) is 5.15. The Morgan fingerprint density at radius 3 is 2.62 bits per heavy atom. The topological polar surface area (TPSA) is 65.5 Å². The Kier molecular flexibility index (Phi) is 6.26. The first-order valence-electron chi connectivity index (χ1n) is 9.56. The molecule has 1 N–H and O–H groups in total. The van der Waals surface area contributed by atoms with Crippen molar-refractivity contribution in [1.29, 1.82) is 0 Å². The number of nitrogens with zero attached hydrogens (tertiary/aromatic N) is 3. The van der Waals surface area contributed by atoms with Gasteiger partial charge in [0.1, 0.15) is 5.69 Å². The quantitative estimate of drug-likeness (QED) is 0.824. The Morgan fingerprint density at radius 2 is 1.92 bits per heavy atom. The van der Waals surface area contributed by atoms with Crippen LogP contribution in [0.1, 0.15) is 49.5 Å². The third-order valence-corrected chi connectivity index (χ3v) is 5.15. The van der Waals surface area contributed by atoms with E-state index in [0.717, 1.165) is 18.7 Å². The molecule has 1 saturated heterocycles. The van der Waals surface area contributed by atoms with Gasteiger partial charge in [0, 0.05) is 51.5 Å². The van der Waals surface area contributed by atoms with Gasteiger partial charge in [-0.1, -0.05) is 11.6 Å². The lowest BCUT2D eigenvalue weighted by Crippen LogP contribution is -2.50. The van der Waals surface area contributed by atoms with Crippen LogP contribution in [0.15, 0.2) is 30.0 Å². The lowest BCUT2D eigenvalue weighted by atomic mass is 9.97. The summed E-state index contributed by atoms with van der Waals surface area (Å²) in [7, 11) is 0. The molecule has 1 aromatic heterocycles. The van der Waals surface area contributed by atoms with Gasteiger partial charge in [-0.05, 0) is 44.2 Å². The zero-order valence-corrected chi connectivity index (χ0v) is 15.5. The van der Waals surface area contributed by atoms with Crippen molar-refractivity contribution >= 4 is 17.5 Å². The van der Waals surface area contributed by atoms with Crippen LogP contribution in [0.25, 0.3) is 0 Å². The molecule has 2 aliphatic rings. The van der Waals surface area contributed by atoms with Gasteiger partial charge in [0.2, 0.25) is 5.91 Å². The average molecular weight is 356 g/mol. The zero-order chi connectivity index (χ0) is 18.4. The Balaban J connectivity index is 1.52. The fraction of sp³-hybridized carbons (Fsp3) is 0.550. The van der Waals surface area contributed by atoms with Crippen LogP contribution in [0.4, 0.5) is 5.69 Å². The molecule has 0 radical (unpaired) electrons. The lowest BCUT2D eigenvalue weighted by molar-refractivity contribution is -0.130. The summed E-state index contributed by atoms with van der Waals surface area (Å²) < 4.78 is 0. The number of carbonyl (C=O) groups is 2. The summed E-state index contributed by atoms with van der Waals surface area (Å²) in [6.45, 7) is 4.75. The molecule has 0 unspecified atom stereocenters. The van der Waals surface area contributed by atoms with Crippen LogP contribution in [-0.4, -0.2) is 59.3 Å². The lowest BCUT2D eigenvalue weighted by Gasteiger charge is -2.34. The number of rotatable bonds is 5. The number of anilines is 1. The first kappa shape index (κ1) is 18.4. The Bertz CT molecular complexity index is 678. The predicted molar refractivity (Wildman–Crippen MR) is 102 cm³/mol. The van der Waals surface area contributed by atoms with Crippen LogP contribution in [0, 0.1) is 0 Å². The van der Waals surface area contributed by atoms with Crippen LogP contribution in [-0.2, 0) is 4.79 Å². The molecule has 1 aliphatic carbocycles. The SMILES string of the molecule is CC(=O)N1CCN(C(=O)c2cc(NCCC3=CCCCC3)ccn2)CC1. The second-order valence-electron chi connectivity index (χ2n) is 7.01. The van der Waals surface area contributed by atoms with Gasteiger partial charge in [-0.25, -0.2) is 0 Å². The van der Waals surface area contributed by atoms with Gasteiger partial charge in [0.05, 0.1) is 0 Å². The van der Waals surface area contributed by atoms with Gasteiger partial charge in [0.25, 0.3) is 5.91 Å². The largest absolute Gasteiger partial charge is 0.385 e. The highest BCUT2D eigenvalue weighted by Gasteiger charge is 2.24. The number of amides is 2. The maximum Gasteiger partial charge on any atom is 0.272 e. The molecule has 0 bridgehead atoms. The highest BCUT2D eigenvalue weighted by Crippen LogP contribution is 2.20. The Labute approximate surface area is 155 Å². The van der Waals surface area contributed by atoms with Crippen LogP contribution in [0.3, 0.4) is 0 Å². The first-order chi connectivity index (χ1) is 12.6. The van der Waals surface area contributed by atoms with Gasteiger partial charge in [-0.15, -0.1) is 0 Å². The number of piperazine rings is 1. The smallest absolute Gasteiger partial charge is 0.272 e. The molecule has 2 heterocycles. The fourth-order valence-electron chi connectivity index (χ4n) is 3.54. The predicted octanol–water partition coefficient (Wildman–Crippen LogP) is 2.69. The molecule has 26 heavy (non-hydrogen) atoms. The monoisotopic (exact) mass is 356 g/mol. The summed E-state index contributed by atoms with van der Waals surface area (Å²) in [4.78, 5) is 31.9. The average Bonchev–Trinajstić information content (AvgIpc) is 2.68. The van der Waals surface area contributed by atoms with E-state index in [-0.39, 0.29) is 11.8 Å². The maximum absolute atomic E-state index is 12.7. The van der Waals surface area contributed by atoms with E-state index in [9.17, 15) is 9.59 Å². The molecule has 2 amide bonds. The molecule has 140 valence electrons. The second kappa shape index (κ2) is 8.83. The third kappa shape index (κ3) is 4.84. The van der Waals surface area contributed by atoms with E-state index in [1.165, 1.54) is 31.3 Å². The summed E-state index contributed by atoms with van der Waals surface area (Å²) in [6.07, 6.45) is 10.1. The van der Waals surface area contributed by atoms with Crippen molar-refractivity contribution in [2.75, 3.05) is 38.0 Å². The minimum Gasteiger partial charge on any atom is -0.385 e. The number of hydrogen-bond donors (Lipinski definition) is 1. The maximum atomic E-state index is 12.7. The highest BCUT2D eigenvalue weighted by atomic mass is 16.2. The van der Waals surface area contributed by atoms with E-state index >= 15 is 0 Å². The molecule has 0 spiro atoms.